The van der Waals surface area contributed by atoms with Crippen molar-refractivity contribution < 1.29 is 14.5 Å². The number of carbonyl (C=O) groups is 2. The second-order valence-corrected chi connectivity index (χ2v) is 4.35. The molecule has 0 bridgehead atoms. The van der Waals surface area contributed by atoms with E-state index < -0.39 is 4.92 Å². The third-order valence-corrected chi connectivity index (χ3v) is 2.94. The smallest absolute Gasteiger partial charge is 0.269 e. The predicted molar refractivity (Wildman–Crippen MR) is 66.1 cm³/mol. The van der Waals surface area contributed by atoms with Crippen LogP contribution in [-0.2, 0) is 16.1 Å². The lowest BCUT2D eigenvalue weighted by atomic mass is 10.1. The van der Waals surface area contributed by atoms with E-state index in [9.17, 15) is 19.7 Å². The topological polar surface area (TPSA) is 101 Å². The second kappa shape index (κ2) is 5.47. The molecule has 1 fully saturated rings. The number of non-ortho nitro benzene ring substituents is 1. The van der Waals surface area contributed by atoms with Gasteiger partial charge in [-0.3, -0.25) is 19.7 Å². The summed E-state index contributed by atoms with van der Waals surface area (Å²) < 4.78 is 0. The third kappa shape index (κ3) is 3.27. The van der Waals surface area contributed by atoms with Gasteiger partial charge in [-0.1, -0.05) is 12.1 Å². The summed E-state index contributed by atoms with van der Waals surface area (Å²) in [4.78, 5) is 32.9. The van der Waals surface area contributed by atoms with Gasteiger partial charge in [0.2, 0.25) is 11.8 Å². The van der Waals surface area contributed by atoms with Crippen LogP contribution in [0.1, 0.15) is 12.0 Å². The van der Waals surface area contributed by atoms with E-state index in [0.717, 1.165) is 0 Å². The van der Waals surface area contributed by atoms with Gasteiger partial charge in [0.15, 0.2) is 0 Å². The molecule has 100 valence electrons. The maximum Gasteiger partial charge on any atom is 0.269 e. The fraction of sp³-hybridized carbons (Fsp3) is 0.333. The third-order valence-electron chi connectivity index (χ3n) is 2.94. The highest BCUT2D eigenvalue weighted by atomic mass is 16.6. The standard InChI is InChI=1S/C12H13N3O4/c16-11-5-9(7-13-11)12(17)14-6-8-2-1-3-10(4-8)15(18)19/h1-4,9H,5-7H2,(H,13,16)(H,14,17). The molecule has 1 aromatic rings. The van der Waals surface area contributed by atoms with Crippen molar-refractivity contribution in [2.45, 2.75) is 13.0 Å². The molecule has 0 aliphatic carbocycles. The molecule has 0 spiro atoms. The van der Waals surface area contributed by atoms with Crippen LogP contribution >= 0.6 is 0 Å². The molecular formula is C12H13N3O4. The van der Waals surface area contributed by atoms with Crippen molar-refractivity contribution in [2.75, 3.05) is 6.54 Å². The second-order valence-electron chi connectivity index (χ2n) is 4.35. The van der Waals surface area contributed by atoms with E-state index >= 15 is 0 Å². The Bertz CT molecular complexity index is 529. The summed E-state index contributed by atoms with van der Waals surface area (Å²) in [6.07, 6.45) is 0.195. The minimum Gasteiger partial charge on any atom is -0.355 e. The summed E-state index contributed by atoms with van der Waals surface area (Å²) in [5, 5.41) is 15.9. The first kappa shape index (κ1) is 13.0. The fourth-order valence-corrected chi connectivity index (χ4v) is 1.90. The highest BCUT2D eigenvalue weighted by molar-refractivity contribution is 5.89. The summed E-state index contributed by atoms with van der Waals surface area (Å²) in [5.41, 5.74) is 0.643. The summed E-state index contributed by atoms with van der Waals surface area (Å²) in [6.45, 7) is 0.560. The van der Waals surface area contributed by atoms with Gasteiger partial charge in [-0.05, 0) is 5.56 Å². The molecule has 7 nitrogen and oxygen atoms in total. The molecule has 0 aromatic heterocycles. The Morgan fingerprint density at radius 2 is 2.32 bits per heavy atom. The van der Waals surface area contributed by atoms with Gasteiger partial charge < -0.3 is 10.6 Å². The molecule has 1 aliphatic heterocycles. The first-order valence-electron chi connectivity index (χ1n) is 5.84. The quantitative estimate of drug-likeness (QED) is 0.604. The van der Waals surface area contributed by atoms with Crippen molar-refractivity contribution in [1.29, 1.82) is 0 Å². The van der Waals surface area contributed by atoms with E-state index in [1.807, 2.05) is 0 Å². The van der Waals surface area contributed by atoms with Crippen LogP contribution in [-0.4, -0.2) is 23.3 Å². The number of hydrogen-bond donors (Lipinski definition) is 2. The number of nitro groups is 1. The van der Waals surface area contributed by atoms with Gasteiger partial charge in [0, 0.05) is 31.6 Å². The number of benzene rings is 1. The van der Waals surface area contributed by atoms with Crippen molar-refractivity contribution in [1.82, 2.24) is 10.6 Å². The maximum absolute atomic E-state index is 11.7. The zero-order valence-electron chi connectivity index (χ0n) is 10.1. The Kier molecular flexibility index (Phi) is 3.74. The van der Waals surface area contributed by atoms with Crippen molar-refractivity contribution in [3.05, 3.63) is 39.9 Å². The Morgan fingerprint density at radius 1 is 1.53 bits per heavy atom. The SMILES string of the molecule is O=C1CC(C(=O)NCc2cccc([N+](=O)[O-])c2)CN1. The van der Waals surface area contributed by atoms with E-state index in [0.29, 0.717) is 12.1 Å². The van der Waals surface area contributed by atoms with Gasteiger partial charge in [-0.15, -0.1) is 0 Å². The minimum absolute atomic E-state index is 0.00976. The van der Waals surface area contributed by atoms with Gasteiger partial charge >= 0.3 is 0 Å². The van der Waals surface area contributed by atoms with Crippen LogP contribution in [0.4, 0.5) is 5.69 Å². The van der Waals surface area contributed by atoms with Gasteiger partial charge in [0.1, 0.15) is 0 Å². The van der Waals surface area contributed by atoms with Crippen LogP contribution in [0.5, 0.6) is 0 Å². The summed E-state index contributed by atoms with van der Waals surface area (Å²) in [5.74, 6) is -0.702. The van der Waals surface area contributed by atoms with E-state index in [-0.39, 0.29) is 36.4 Å². The average Bonchev–Trinajstić information content (AvgIpc) is 2.83. The largest absolute Gasteiger partial charge is 0.355 e. The van der Waals surface area contributed by atoms with Crippen molar-refractivity contribution in [3.63, 3.8) is 0 Å². The van der Waals surface area contributed by atoms with Crippen LogP contribution in [0, 0.1) is 16.0 Å². The number of nitro benzene ring substituents is 1. The molecule has 7 heteroatoms. The Morgan fingerprint density at radius 3 is 2.95 bits per heavy atom. The van der Waals surface area contributed by atoms with E-state index in [1.165, 1.54) is 12.1 Å². The molecular weight excluding hydrogens is 250 g/mol. The van der Waals surface area contributed by atoms with Crippen molar-refractivity contribution in [2.24, 2.45) is 5.92 Å². The molecule has 2 amide bonds. The molecule has 19 heavy (non-hydrogen) atoms. The molecule has 1 aromatic carbocycles. The highest BCUT2D eigenvalue weighted by Crippen LogP contribution is 2.13. The first-order valence-corrected chi connectivity index (χ1v) is 5.84. The van der Waals surface area contributed by atoms with E-state index in [2.05, 4.69) is 10.6 Å². The minimum atomic E-state index is -0.481. The lowest BCUT2D eigenvalue weighted by Crippen LogP contribution is -2.31. The van der Waals surface area contributed by atoms with Crippen molar-refractivity contribution in [3.8, 4) is 0 Å². The lowest BCUT2D eigenvalue weighted by molar-refractivity contribution is -0.384. The fourth-order valence-electron chi connectivity index (χ4n) is 1.90. The van der Waals surface area contributed by atoms with Crippen LogP contribution in [0.3, 0.4) is 0 Å². The number of hydrogen-bond acceptors (Lipinski definition) is 4. The number of nitrogens with zero attached hydrogens (tertiary/aromatic N) is 1. The van der Waals surface area contributed by atoms with E-state index in [4.69, 9.17) is 0 Å². The lowest BCUT2D eigenvalue weighted by Gasteiger charge is -2.08. The summed E-state index contributed by atoms with van der Waals surface area (Å²) >= 11 is 0. The molecule has 1 aliphatic rings. The molecule has 2 rings (SSSR count). The Labute approximate surface area is 109 Å². The van der Waals surface area contributed by atoms with E-state index in [1.54, 1.807) is 12.1 Å². The number of carbonyl (C=O) groups excluding carboxylic acids is 2. The maximum atomic E-state index is 11.7. The Hall–Kier alpha value is -2.44. The monoisotopic (exact) mass is 263 g/mol. The average molecular weight is 263 g/mol. The zero-order valence-corrected chi connectivity index (χ0v) is 10.1. The molecule has 0 saturated carbocycles. The van der Waals surface area contributed by atoms with Gasteiger partial charge in [-0.25, -0.2) is 0 Å². The molecule has 1 atom stereocenters. The van der Waals surface area contributed by atoms with Crippen molar-refractivity contribution >= 4 is 17.5 Å². The highest BCUT2D eigenvalue weighted by Gasteiger charge is 2.27. The van der Waals surface area contributed by atoms with Gasteiger partial charge in [-0.2, -0.15) is 0 Å². The summed E-state index contributed by atoms with van der Waals surface area (Å²) in [6, 6.07) is 6.08. The van der Waals surface area contributed by atoms with Gasteiger partial charge in [0.05, 0.1) is 10.8 Å². The molecule has 1 unspecified atom stereocenters. The van der Waals surface area contributed by atoms with Gasteiger partial charge in [0.25, 0.3) is 5.69 Å². The number of nitrogens with one attached hydrogen (secondary N) is 2. The normalized spacial score (nSPS) is 17.9. The van der Waals surface area contributed by atoms with Crippen LogP contribution in [0.15, 0.2) is 24.3 Å². The van der Waals surface area contributed by atoms with Crippen LogP contribution in [0.25, 0.3) is 0 Å². The number of amides is 2. The Balaban J connectivity index is 1.91. The molecule has 0 radical (unpaired) electrons. The molecule has 1 saturated heterocycles. The van der Waals surface area contributed by atoms with Crippen LogP contribution in [0.2, 0.25) is 0 Å². The predicted octanol–water partition coefficient (Wildman–Crippen LogP) is 0.347. The molecule has 2 N–H and O–H groups in total. The first-order chi connectivity index (χ1) is 9.06. The number of rotatable bonds is 4. The van der Waals surface area contributed by atoms with Crippen LogP contribution < -0.4 is 10.6 Å². The molecule has 1 heterocycles. The zero-order chi connectivity index (χ0) is 13.8. The summed E-state index contributed by atoms with van der Waals surface area (Å²) in [7, 11) is 0.